The topological polar surface area (TPSA) is 75.8 Å². The molecule has 4 aromatic heterocycles. The van der Waals surface area contributed by atoms with E-state index in [4.69, 9.17) is 21.1 Å². The fourth-order valence-corrected chi connectivity index (χ4v) is 5.30. The maximum absolute atomic E-state index is 6.28. The van der Waals surface area contributed by atoms with Gasteiger partial charge in [-0.3, -0.25) is 4.98 Å². The van der Waals surface area contributed by atoms with Crippen LogP contribution >= 0.6 is 34.3 Å². The number of rotatable bonds is 8. The van der Waals surface area contributed by atoms with Crippen molar-refractivity contribution in [3.8, 4) is 11.5 Å². The lowest BCUT2D eigenvalue weighted by Crippen LogP contribution is -1.95. The van der Waals surface area contributed by atoms with E-state index in [-0.39, 0.29) is 0 Å². The molecule has 0 unspecified atom stereocenters. The number of hydrogen-bond acceptors (Lipinski definition) is 6. The Kier molecular flexibility index (Phi) is 8.55. The molecule has 0 aliphatic carbocycles. The van der Waals surface area contributed by atoms with Crippen molar-refractivity contribution in [3.05, 3.63) is 92.0 Å². The largest absolute Gasteiger partial charge is 0.488 e. The highest BCUT2D eigenvalue weighted by atomic mass is 35.5. The molecule has 2 aromatic carbocycles. The van der Waals surface area contributed by atoms with E-state index >= 15 is 0 Å². The maximum Gasteiger partial charge on any atom is 0.140 e. The van der Waals surface area contributed by atoms with Crippen molar-refractivity contribution in [2.75, 3.05) is 0 Å². The van der Waals surface area contributed by atoms with E-state index in [1.807, 2.05) is 35.3 Å². The average Bonchev–Trinajstić information content (AvgIpc) is 3.72. The van der Waals surface area contributed by atoms with Gasteiger partial charge in [0.05, 0.1) is 15.4 Å². The number of benzene rings is 2. The van der Waals surface area contributed by atoms with Crippen LogP contribution in [0, 0.1) is 0 Å². The zero-order valence-electron chi connectivity index (χ0n) is 22.3. The molecule has 39 heavy (non-hydrogen) atoms. The van der Waals surface area contributed by atoms with E-state index in [1.54, 1.807) is 28.9 Å². The smallest absolute Gasteiger partial charge is 0.140 e. The molecule has 0 bridgehead atoms. The fourth-order valence-electron chi connectivity index (χ4n) is 4.04. The lowest BCUT2D eigenvalue weighted by Gasteiger charge is -2.06. The second-order valence-electron chi connectivity index (χ2n) is 9.85. The molecule has 0 saturated carbocycles. The standard InChI is InChI=1S/C15H15ClN2OS.C15H16N2OS/c1-9(2)12-6-10-5-11(16)14(7-13(10)18-12)19-8-15-17-3-4-20-15;1-10(2)14-5-11-3-4-12(6-15(11)17-14)18-8-13-7-16-9-19-13/h3-7,9,18H,8H2,1-2H3;3-7,9-10,17H,8H2,1-2H3. The molecule has 0 radical (unpaired) electrons. The van der Waals surface area contributed by atoms with Crippen LogP contribution in [0.15, 0.2) is 65.7 Å². The van der Waals surface area contributed by atoms with Crippen LogP contribution in [0.25, 0.3) is 21.8 Å². The van der Waals surface area contributed by atoms with Gasteiger partial charge in [-0.15, -0.1) is 22.7 Å². The van der Waals surface area contributed by atoms with E-state index in [9.17, 15) is 0 Å². The summed E-state index contributed by atoms with van der Waals surface area (Å²) in [5.74, 6) is 2.54. The number of ether oxygens (including phenoxy) is 2. The first-order valence-corrected chi connectivity index (χ1v) is 15.0. The minimum Gasteiger partial charge on any atom is -0.488 e. The van der Waals surface area contributed by atoms with Gasteiger partial charge in [0.2, 0.25) is 0 Å². The van der Waals surface area contributed by atoms with Crippen molar-refractivity contribution in [2.24, 2.45) is 0 Å². The number of halogens is 1. The molecular weight excluding hydrogens is 548 g/mol. The van der Waals surface area contributed by atoms with E-state index in [0.717, 1.165) is 32.1 Å². The van der Waals surface area contributed by atoms with Gasteiger partial charge in [0.15, 0.2) is 0 Å². The molecule has 6 rings (SSSR count). The van der Waals surface area contributed by atoms with Gasteiger partial charge in [0.1, 0.15) is 29.7 Å². The Morgan fingerprint density at radius 3 is 2.26 bits per heavy atom. The minimum absolute atomic E-state index is 0.445. The Balaban J connectivity index is 0.000000158. The monoisotopic (exact) mass is 578 g/mol. The Hall–Kier alpha value is -3.33. The van der Waals surface area contributed by atoms with Crippen LogP contribution in [-0.4, -0.2) is 19.9 Å². The summed E-state index contributed by atoms with van der Waals surface area (Å²) >= 11 is 9.46. The maximum atomic E-state index is 6.28. The molecule has 202 valence electrons. The van der Waals surface area contributed by atoms with Crippen molar-refractivity contribution in [3.63, 3.8) is 0 Å². The van der Waals surface area contributed by atoms with Crippen molar-refractivity contribution in [1.82, 2.24) is 19.9 Å². The molecule has 0 aliphatic heterocycles. The third-order valence-corrected chi connectivity index (χ3v) is 8.05. The fraction of sp³-hybridized carbons (Fsp3) is 0.267. The average molecular weight is 579 g/mol. The molecule has 0 amide bonds. The quantitative estimate of drug-likeness (QED) is 0.189. The summed E-state index contributed by atoms with van der Waals surface area (Å²) in [5, 5.41) is 5.84. The summed E-state index contributed by atoms with van der Waals surface area (Å²) in [7, 11) is 0. The highest BCUT2D eigenvalue weighted by molar-refractivity contribution is 7.09. The number of nitrogens with one attached hydrogen (secondary N) is 2. The van der Waals surface area contributed by atoms with Crippen molar-refractivity contribution in [2.45, 2.75) is 52.7 Å². The molecule has 0 saturated heterocycles. The van der Waals surface area contributed by atoms with Gasteiger partial charge < -0.3 is 19.4 Å². The van der Waals surface area contributed by atoms with Crippen LogP contribution in [-0.2, 0) is 13.2 Å². The lowest BCUT2D eigenvalue weighted by atomic mass is 10.1. The molecule has 0 atom stereocenters. The first-order valence-electron chi connectivity index (χ1n) is 12.8. The van der Waals surface area contributed by atoms with Gasteiger partial charge in [0.25, 0.3) is 0 Å². The molecule has 6 aromatic rings. The Bertz CT molecular complexity index is 1640. The highest BCUT2D eigenvalue weighted by Crippen LogP contribution is 2.32. The van der Waals surface area contributed by atoms with Gasteiger partial charge in [-0.1, -0.05) is 39.3 Å². The van der Waals surface area contributed by atoms with E-state index < -0.39 is 0 Å². The molecule has 0 spiro atoms. The molecule has 0 aliphatic rings. The predicted octanol–water partition coefficient (Wildman–Crippen LogP) is 9.31. The van der Waals surface area contributed by atoms with Crippen molar-refractivity contribution in [1.29, 1.82) is 0 Å². The number of H-pyrrole nitrogens is 2. The van der Waals surface area contributed by atoms with Crippen molar-refractivity contribution < 1.29 is 9.47 Å². The molecule has 0 fully saturated rings. The normalized spacial score (nSPS) is 11.4. The van der Waals surface area contributed by atoms with Gasteiger partial charge in [-0.2, -0.15) is 0 Å². The second-order valence-corrected chi connectivity index (χ2v) is 12.2. The molecule has 4 heterocycles. The number of aromatic nitrogens is 4. The Morgan fingerprint density at radius 2 is 1.59 bits per heavy atom. The van der Waals surface area contributed by atoms with E-state index in [0.29, 0.717) is 35.8 Å². The van der Waals surface area contributed by atoms with Gasteiger partial charge in [-0.25, -0.2) is 4.98 Å². The number of aromatic amines is 2. The van der Waals surface area contributed by atoms with E-state index in [2.05, 4.69) is 71.9 Å². The number of hydrogen-bond donors (Lipinski definition) is 2. The minimum atomic E-state index is 0.445. The van der Waals surface area contributed by atoms with E-state index in [1.165, 1.54) is 16.8 Å². The number of nitrogens with zero attached hydrogens (tertiary/aromatic N) is 2. The summed E-state index contributed by atoms with van der Waals surface area (Å²) in [5.41, 5.74) is 6.46. The first-order chi connectivity index (χ1) is 18.9. The van der Waals surface area contributed by atoms with Crippen LogP contribution in [0.4, 0.5) is 0 Å². The van der Waals surface area contributed by atoms with Gasteiger partial charge in [-0.05, 0) is 47.6 Å². The van der Waals surface area contributed by atoms with Crippen LogP contribution in [0.1, 0.15) is 60.8 Å². The van der Waals surface area contributed by atoms with Gasteiger partial charge >= 0.3 is 0 Å². The summed E-state index contributed by atoms with van der Waals surface area (Å²) in [6, 6.07) is 14.4. The summed E-state index contributed by atoms with van der Waals surface area (Å²) in [6.45, 7) is 9.71. The molecule has 9 heteroatoms. The predicted molar refractivity (Wildman–Crippen MR) is 163 cm³/mol. The van der Waals surface area contributed by atoms with Crippen LogP contribution in [0.5, 0.6) is 11.5 Å². The third-order valence-electron chi connectivity index (χ3n) is 6.25. The first kappa shape index (κ1) is 27.2. The third kappa shape index (κ3) is 6.82. The zero-order valence-corrected chi connectivity index (χ0v) is 24.7. The van der Waals surface area contributed by atoms with Crippen molar-refractivity contribution >= 4 is 56.1 Å². The molecular formula is C30H31ClN4O2S2. The van der Waals surface area contributed by atoms with Gasteiger partial charge in [0, 0.05) is 57.7 Å². The Morgan fingerprint density at radius 1 is 0.846 bits per heavy atom. The number of fused-ring (bicyclic) bond motifs is 2. The van der Waals surface area contributed by atoms with Crippen LogP contribution in [0.2, 0.25) is 5.02 Å². The summed E-state index contributed by atoms with van der Waals surface area (Å²) in [6.07, 6.45) is 3.61. The van der Waals surface area contributed by atoms with Crippen LogP contribution in [0.3, 0.4) is 0 Å². The van der Waals surface area contributed by atoms with Crippen LogP contribution < -0.4 is 9.47 Å². The second kappa shape index (κ2) is 12.2. The summed E-state index contributed by atoms with van der Waals surface area (Å²) in [4.78, 5) is 16.2. The zero-order chi connectivity index (χ0) is 27.4. The Labute approximate surface area is 241 Å². The lowest BCUT2D eigenvalue weighted by molar-refractivity contribution is 0.306. The highest BCUT2D eigenvalue weighted by Gasteiger charge is 2.10. The number of thiazole rings is 2. The molecule has 2 N–H and O–H groups in total. The summed E-state index contributed by atoms with van der Waals surface area (Å²) < 4.78 is 11.5. The SMILES string of the molecule is CC(C)c1cc2cc(Cl)c(OCc3nccs3)cc2[nH]1.CC(C)c1cc2ccc(OCc3cncs3)cc2[nH]1. The molecule has 6 nitrogen and oxygen atoms in total.